The number of amides is 1. The molecule has 2 rings (SSSR count). The number of sulfonamides is 1. The molecule has 0 bridgehead atoms. The molecule has 0 saturated heterocycles. The van der Waals surface area contributed by atoms with Crippen LogP contribution in [0.5, 0.6) is 0 Å². The highest BCUT2D eigenvalue weighted by atomic mass is 35.5. The van der Waals surface area contributed by atoms with E-state index < -0.39 is 21.7 Å². The van der Waals surface area contributed by atoms with Crippen LogP contribution in [0.25, 0.3) is 0 Å². The number of nitrogens with one attached hydrogen (secondary N) is 2. The van der Waals surface area contributed by atoms with Gasteiger partial charge in [-0.2, -0.15) is 0 Å². The van der Waals surface area contributed by atoms with E-state index in [0.29, 0.717) is 5.02 Å². The van der Waals surface area contributed by atoms with E-state index in [4.69, 9.17) is 11.6 Å². The highest BCUT2D eigenvalue weighted by molar-refractivity contribution is 7.89. The van der Waals surface area contributed by atoms with Crippen molar-refractivity contribution in [3.05, 3.63) is 64.4 Å². The zero-order valence-electron chi connectivity index (χ0n) is 12.1. The van der Waals surface area contributed by atoms with Crippen molar-refractivity contribution < 1.29 is 17.6 Å². The van der Waals surface area contributed by atoms with Gasteiger partial charge in [0.05, 0.1) is 10.5 Å². The van der Waals surface area contributed by atoms with Crippen molar-refractivity contribution >= 4 is 27.5 Å². The topological polar surface area (TPSA) is 75.3 Å². The smallest absolute Gasteiger partial charge is 0.254 e. The SMILES string of the molecule is CNS(=O)(=O)c1ccc(F)c(C(=O)NCc2ccc(Cl)cc2)c1. The van der Waals surface area contributed by atoms with Gasteiger partial charge in [0.15, 0.2) is 0 Å². The third-order valence-electron chi connectivity index (χ3n) is 3.13. The first kappa shape index (κ1) is 17.4. The zero-order chi connectivity index (χ0) is 17.0. The molecule has 8 heteroatoms. The fourth-order valence-corrected chi connectivity index (χ4v) is 2.73. The van der Waals surface area contributed by atoms with Gasteiger partial charge in [0.25, 0.3) is 5.91 Å². The summed E-state index contributed by atoms with van der Waals surface area (Å²) in [4.78, 5) is 11.9. The monoisotopic (exact) mass is 356 g/mol. The fraction of sp³-hybridized carbons (Fsp3) is 0.133. The van der Waals surface area contributed by atoms with Crippen molar-refractivity contribution in [3.63, 3.8) is 0 Å². The second kappa shape index (κ2) is 7.08. The Morgan fingerprint density at radius 2 is 1.83 bits per heavy atom. The first-order valence-electron chi connectivity index (χ1n) is 6.59. The maximum absolute atomic E-state index is 13.8. The molecular formula is C15H14ClFN2O3S. The molecule has 122 valence electrons. The Balaban J connectivity index is 2.18. The quantitative estimate of drug-likeness (QED) is 0.863. The fourth-order valence-electron chi connectivity index (χ4n) is 1.84. The number of hydrogen-bond donors (Lipinski definition) is 2. The highest BCUT2D eigenvalue weighted by Crippen LogP contribution is 2.15. The maximum Gasteiger partial charge on any atom is 0.254 e. The average Bonchev–Trinajstić information content (AvgIpc) is 2.54. The van der Waals surface area contributed by atoms with Gasteiger partial charge in [-0.1, -0.05) is 23.7 Å². The summed E-state index contributed by atoms with van der Waals surface area (Å²) in [7, 11) is -2.52. The van der Waals surface area contributed by atoms with Crippen molar-refractivity contribution in [2.45, 2.75) is 11.4 Å². The van der Waals surface area contributed by atoms with Gasteiger partial charge >= 0.3 is 0 Å². The third-order valence-corrected chi connectivity index (χ3v) is 4.79. The first-order chi connectivity index (χ1) is 10.8. The first-order valence-corrected chi connectivity index (χ1v) is 8.45. The molecule has 0 aliphatic heterocycles. The van der Waals surface area contributed by atoms with E-state index in [-0.39, 0.29) is 17.0 Å². The van der Waals surface area contributed by atoms with Crippen LogP contribution >= 0.6 is 11.6 Å². The molecule has 2 N–H and O–H groups in total. The van der Waals surface area contributed by atoms with E-state index in [0.717, 1.165) is 23.8 Å². The van der Waals surface area contributed by atoms with E-state index in [2.05, 4.69) is 10.0 Å². The predicted octanol–water partition coefficient (Wildman–Crippen LogP) is 2.32. The van der Waals surface area contributed by atoms with E-state index >= 15 is 0 Å². The average molecular weight is 357 g/mol. The molecule has 0 aliphatic carbocycles. The van der Waals surface area contributed by atoms with Gasteiger partial charge in [0.1, 0.15) is 5.82 Å². The Morgan fingerprint density at radius 3 is 2.43 bits per heavy atom. The van der Waals surface area contributed by atoms with E-state index in [1.807, 2.05) is 0 Å². The number of carbonyl (C=O) groups excluding carboxylic acids is 1. The lowest BCUT2D eigenvalue weighted by atomic mass is 10.2. The van der Waals surface area contributed by atoms with Crippen LogP contribution < -0.4 is 10.0 Å². The molecule has 0 unspecified atom stereocenters. The molecule has 23 heavy (non-hydrogen) atoms. The van der Waals surface area contributed by atoms with Crippen molar-refractivity contribution in [2.24, 2.45) is 0 Å². The molecule has 0 spiro atoms. The Bertz CT molecular complexity index is 823. The highest BCUT2D eigenvalue weighted by Gasteiger charge is 2.18. The van der Waals surface area contributed by atoms with Gasteiger partial charge in [0.2, 0.25) is 10.0 Å². The second-order valence-electron chi connectivity index (χ2n) is 4.66. The van der Waals surface area contributed by atoms with Gasteiger partial charge in [-0.15, -0.1) is 0 Å². The van der Waals surface area contributed by atoms with Gasteiger partial charge < -0.3 is 5.32 Å². The molecule has 2 aromatic carbocycles. The summed E-state index contributed by atoms with van der Waals surface area (Å²) >= 11 is 5.77. The van der Waals surface area contributed by atoms with Gasteiger partial charge in [-0.3, -0.25) is 4.79 Å². The van der Waals surface area contributed by atoms with Crippen molar-refractivity contribution in [2.75, 3.05) is 7.05 Å². The summed E-state index contributed by atoms with van der Waals surface area (Å²) in [6.45, 7) is 0.165. The molecular weight excluding hydrogens is 343 g/mol. The Hall–Kier alpha value is -1.96. The molecule has 0 radical (unpaired) electrons. The molecule has 0 atom stereocenters. The van der Waals surface area contributed by atoms with Gasteiger partial charge in [0, 0.05) is 11.6 Å². The summed E-state index contributed by atoms with van der Waals surface area (Å²) in [6.07, 6.45) is 0. The van der Waals surface area contributed by atoms with Crippen LogP contribution in [-0.4, -0.2) is 21.4 Å². The number of benzene rings is 2. The Kier molecular flexibility index (Phi) is 5.35. The van der Waals surface area contributed by atoms with Crippen LogP contribution in [-0.2, 0) is 16.6 Å². The van der Waals surface area contributed by atoms with Crippen LogP contribution in [0.15, 0.2) is 47.4 Å². The number of hydrogen-bond acceptors (Lipinski definition) is 3. The third kappa shape index (κ3) is 4.28. The minimum absolute atomic E-state index is 0.165. The normalized spacial score (nSPS) is 11.3. The standard InChI is InChI=1S/C15H14ClFN2O3S/c1-18-23(21,22)12-6-7-14(17)13(8-12)15(20)19-9-10-2-4-11(16)5-3-10/h2-8,18H,9H2,1H3,(H,19,20). The van der Waals surface area contributed by atoms with Crippen molar-refractivity contribution in [1.29, 1.82) is 0 Å². The van der Waals surface area contributed by atoms with Gasteiger partial charge in [-0.25, -0.2) is 17.5 Å². The molecule has 5 nitrogen and oxygen atoms in total. The van der Waals surface area contributed by atoms with Crippen molar-refractivity contribution in [3.8, 4) is 0 Å². The zero-order valence-corrected chi connectivity index (χ0v) is 13.7. The van der Waals surface area contributed by atoms with Crippen LogP contribution in [0, 0.1) is 5.82 Å². The largest absolute Gasteiger partial charge is 0.348 e. The molecule has 0 aliphatic rings. The summed E-state index contributed by atoms with van der Waals surface area (Å²) in [5, 5.41) is 3.10. The molecule has 0 fully saturated rings. The second-order valence-corrected chi connectivity index (χ2v) is 6.98. The molecule has 1 amide bonds. The summed E-state index contributed by atoms with van der Waals surface area (Å²) in [5.74, 6) is -1.50. The minimum Gasteiger partial charge on any atom is -0.348 e. The Labute approximate surface area is 138 Å². The van der Waals surface area contributed by atoms with Crippen LogP contribution in [0.4, 0.5) is 4.39 Å². The minimum atomic E-state index is -3.75. The van der Waals surface area contributed by atoms with E-state index in [9.17, 15) is 17.6 Å². The summed E-state index contributed by atoms with van der Waals surface area (Å²) < 4.78 is 39.4. The van der Waals surface area contributed by atoms with Crippen molar-refractivity contribution in [1.82, 2.24) is 10.0 Å². The Morgan fingerprint density at radius 1 is 1.17 bits per heavy atom. The lowest BCUT2D eigenvalue weighted by Crippen LogP contribution is -2.25. The lowest BCUT2D eigenvalue weighted by molar-refractivity contribution is 0.0946. The predicted molar refractivity (Wildman–Crippen MR) is 85.3 cm³/mol. The number of halogens is 2. The molecule has 0 aromatic heterocycles. The summed E-state index contributed by atoms with van der Waals surface area (Å²) in [6, 6.07) is 9.83. The molecule has 2 aromatic rings. The lowest BCUT2D eigenvalue weighted by Gasteiger charge is -2.09. The summed E-state index contributed by atoms with van der Waals surface area (Å²) in [5.41, 5.74) is 0.442. The van der Waals surface area contributed by atoms with Gasteiger partial charge in [-0.05, 0) is 42.9 Å². The van der Waals surface area contributed by atoms with E-state index in [1.165, 1.54) is 7.05 Å². The van der Waals surface area contributed by atoms with Crippen LogP contribution in [0.3, 0.4) is 0 Å². The maximum atomic E-state index is 13.8. The number of carbonyl (C=O) groups is 1. The van der Waals surface area contributed by atoms with E-state index in [1.54, 1.807) is 24.3 Å². The molecule has 0 saturated carbocycles. The number of rotatable bonds is 5. The van der Waals surface area contributed by atoms with Crippen LogP contribution in [0.2, 0.25) is 5.02 Å². The molecule has 0 heterocycles. The van der Waals surface area contributed by atoms with Crippen LogP contribution in [0.1, 0.15) is 15.9 Å².